The van der Waals surface area contributed by atoms with Gasteiger partial charge in [0, 0.05) is 43.6 Å². The van der Waals surface area contributed by atoms with Crippen molar-refractivity contribution in [3.63, 3.8) is 0 Å². The molecular formula is C20H21N5S. The second-order valence-electron chi connectivity index (χ2n) is 6.53. The minimum absolute atomic E-state index is 0.0117. The lowest BCUT2D eigenvalue weighted by atomic mass is 10.0. The summed E-state index contributed by atoms with van der Waals surface area (Å²) in [6.45, 7) is 0. The van der Waals surface area contributed by atoms with Gasteiger partial charge in [-0.25, -0.2) is 0 Å². The van der Waals surface area contributed by atoms with Crippen molar-refractivity contribution >= 4 is 28.7 Å². The van der Waals surface area contributed by atoms with E-state index in [1.54, 1.807) is 0 Å². The van der Waals surface area contributed by atoms with Crippen LogP contribution < -0.4 is 15.1 Å². The number of rotatable bonds is 4. The molecule has 2 aromatic heterocycles. The fourth-order valence-electron chi connectivity index (χ4n) is 3.39. The first-order valence-electron chi connectivity index (χ1n) is 8.56. The van der Waals surface area contributed by atoms with Gasteiger partial charge in [0.25, 0.3) is 0 Å². The topological polar surface area (TPSA) is 47.2 Å². The largest absolute Gasteiger partial charge is 0.378 e. The first-order valence-corrected chi connectivity index (χ1v) is 8.97. The third-order valence-electron chi connectivity index (χ3n) is 4.68. The molecule has 0 aliphatic carbocycles. The van der Waals surface area contributed by atoms with E-state index < -0.39 is 0 Å². The molecule has 0 saturated carbocycles. The number of benzene rings is 1. The molecule has 0 unspecified atom stereocenters. The number of aromatic amines is 1. The van der Waals surface area contributed by atoms with Crippen molar-refractivity contribution in [2.75, 3.05) is 23.9 Å². The Kier molecular flexibility index (Phi) is 4.34. The SMILES string of the molecule is CN(C)c1ccc(N2C(=S)N[C@@H](c3ccccn3)[C@H]2c2ccc[nH]2)cc1. The third kappa shape index (κ3) is 2.93. The van der Waals surface area contributed by atoms with E-state index in [0.717, 1.165) is 22.8 Å². The van der Waals surface area contributed by atoms with Crippen molar-refractivity contribution < 1.29 is 0 Å². The van der Waals surface area contributed by atoms with Gasteiger partial charge in [-0.3, -0.25) is 4.98 Å². The van der Waals surface area contributed by atoms with E-state index in [1.165, 1.54) is 0 Å². The van der Waals surface area contributed by atoms with Crippen LogP contribution in [0.5, 0.6) is 0 Å². The Morgan fingerprint density at radius 3 is 2.46 bits per heavy atom. The highest BCUT2D eigenvalue weighted by atomic mass is 32.1. The molecule has 0 bridgehead atoms. The molecule has 2 N–H and O–H groups in total. The normalized spacial score (nSPS) is 19.5. The van der Waals surface area contributed by atoms with Crippen LogP contribution in [-0.4, -0.2) is 29.2 Å². The first-order chi connectivity index (χ1) is 12.6. The van der Waals surface area contributed by atoms with Crippen LogP contribution in [0.3, 0.4) is 0 Å². The van der Waals surface area contributed by atoms with Crippen LogP contribution in [0, 0.1) is 0 Å². The van der Waals surface area contributed by atoms with Crippen molar-refractivity contribution in [2.45, 2.75) is 12.1 Å². The van der Waals surface area contributed by atoms with Crippen molar-refractivity contribution in [2.24, 2.45) is 0 Å². The maximum Gasteiger partial charge on any atom is 0.174 e. The molecule has 1 fully saturated rings. The van der Waals surface area contributed by atoms with Gasteiger partial charge in [-0.1, -0.05) is 6.07 Å². The Morgan fingerprint density at radius 2 is 1.85 bits per heavy atom. The van der Waals surface area contributed by atoms with E-state index in [-0.39, 0.29) is 12.1 Å². The Labute approximate surface area is 158 Å². The van der Waals surface area contributed by atoms with Gasteiger partial charge < -0.3 is 20.1 Å². The Hall–Kier alpha value is -2.86. The summed E-state index contributed by atoms with van der Waals surface area (Å²) in [6.07, 6.45) is 3.76. The summed E-state index contributed by atoms with van der Waals surface area (Å²) in [5.41, 5.74) is 4.29. The zero-order valence-corrected chi connectivity index (χ0v) is 15.6. The van der Waals surface area contributed by atoms with E-state index in [2.05, 4.69) is 55.4 Å². The second kappa shape index (κ2) is 6.80. The van der Waals surface area contributed by atoms with Gasteiger partial charge >= 0.3 is 0 Å². The average Bonchev–Trinajstić information content (AvgIpc) is 3.30. The second-order valence-corrected chi connectivity index (χ2v) is 6.92. The van der Waals surface area contributed by atoms with Crippen LogP contribution in [0.2, 0.25) is 0 Å². The molecule has 26 heavy (non-hydrogen) atoms. The molecule has 0 spiro atoms. The molecule has 2 atom stereocenters. The molecule has 4 rings (SSSR count). The van der Waals surface area contributed by atoms with E-state index in [0.29, 0.717) is 5.11 Å². The van der Waals surface area contributed by atoms with Gasteiger partial charge in [-0.2, -0.15) is 0 Å². The molecular weight excluding hydrogens is 342 g/mol. The summed E-state index contributed by atoms with van der Waals surface area (Å²) in [7, 11) is 4.08. The molecule has 0 radical (unpaired) electrons. The smallest absolute Gasteiger partial charge is 0.174 e. The summed E-state index contributed by atoms with van der Waals surface area (Å²) >= 11 is 5.70. The molecule has 1 aliphatic rings. The molecule has 3 aromatic rings. The van der Waals surface area contributed by atoms with Gasteiger partial charge in [0.05, 0.1) is 11.7 Å². The van der Waals surface area contributed by atoms with Crippen LogP contribution in [0.1, 0.15) is 23.5 Å². The minimum Gasteiger partial charge on any atom is -0.378 e. The lowest BCUT2D eigenvalue weighted by Crippen LogP contribution is -2.29. The van der Waals surface area contributed by atoms with Gasteiger partial charge in [0.15, 0.2) is 5.11 Å². The van der Waals surface area contributed by atoms with E-state index >= 15 is 0 Å². The Balaban J connectivity index is 1.76. The van der Waals surface area contributed by atoms with Crippen LogP contribution in [0.25, 0.3) is 0 Å². The van der Waals surface area contributed by atoms with Crippen molar-refractivity contribution in [3.8, 4) is 0 Å². The van der Waals surface area contributed by atoms with Crippen LogP contribution in [0.15, 0.2) is 67.0 Å². The Morgan fingerprint density at radius 1 is 1.04 bits per heavy atom. The highest BCUT2D eigenvalue weighted by Crippen LogP contribution is 2.40. The summed E-state index contributed by atoms with van der Waals surface area (Å²) in [4.78, 5) is 12.2. The average molecular weight is 363 g/mol. The number of pyridine rings is 1. The monoisotopic (exact) mass is 363 g/mol. The minimum atomic E-state index is -0.0177. The number of H-pyrrole nitrogens is 1. The number of anilines is 2. The molecule has 132 valence electrons. The van der Waals surface area contributed by atoms with Gasteiger partial charge in [-0.05, 0) is 60.7 Å². The summed E-state index contributed by atoms with van der Waals surface area (Å²) in [6, 6.07) is 18.5. The van der Waals surface area contributed by atoms with E-state index in [1.807, 2.05) is 50.8 Å². The lowest BCUT2D eigenvalue weighted by Gasteiger charge is -2.27. The Bertz CT molecular complexity index is 874. The van der Waals surface area contributed by atoms with Crippen LogP contribution >= 0.6 is 12.2 Å². The zero-order chi connectivity index (χ0) is 18.1. The van der Waals surface area contributed by atoms with Crippen molar-refractivity contribution in [3.05, 3.63) is 78.4 Å². The predicted molar refractivity (Wildman–Crippen MR) is 109 cm³/mol. The molecule has 1 aromatic carbocycles. The molecule has 3 heterocycles. The zero-order valence-electron chi connectivity index (χ0n) is 14.8. The van der Waals surface area contributed by atoms with Gasteiger partial charge in [0.2, 0.25) is 0 Å². The summed E-state index contributed by atoms with van der Waals surface area (Å²) in [5, 5.41) is 4.17. The number of nitrogens with one attached hydrogen (secondary N) is 2. The summed E-state index contributed by atoms with van der Waals surface area (Å²) in [5.74, 6) is 0. The number of hydrogen-bond donors (Lipinski definition) is 2. The number of aromatic nitrogens is 2. The fourth-order valence-corrected chi connectivity index (χ4v) is 3.73. The van der Waals surface area contributed by atoms with Gasteiger partial charge in [0.1, 0.15) is 6.04 Å². The quantitative estimate of drug-likeness (QED) is 0.693. The molecule has 1 saturated heterocycles. The number of thiocarbonyl (C=S) groups is 1. The van der Waals surface area contributed by atoms with Crippen LogP contribution in [-0.2, 0) is 0 Å². The van der Waals surface area contributed by atoms with E-state index in [4.69, 9.17) is 12.2 Å². The molecule has 6 heteroatoms. The summed E-state index contributed by atoms with van der Waals surface area (Å²) < 4.78 is 0. The fraction of sp³-hybridized carbons (Fsp3) is 0.200. The molecule has 1 aliphatic heterocycles. The highest BCUT2D eigenvalue weighted by molar-refractivity contribution is 7.80. The number of hydrogen-bond acceptors (Lipinski definition) is 3. The first kappa shape index (κ1) is 16.6. The predicted octanol–water partition coefficient (Wildman–Crippen LogP) is 3.65. The van der Waals surface area contributed by atoms with Crippen LogP contribution in [0.4, 0.5) is 11.4 Å². The van der Waals surface area contributed by atoms with Gasteiger partial charge in [-0.15, -0.1) is 0 Å². The standard InChI is InChI=1S/C20H21N5S/c1-24(2)14-8-10-15(11-9-14)25-19(17-7-5-13-22-17)18(23-20(25)26)16-6-3-4-12-21-16/h3-13,18-19,22H,1-2H3,(H,23,26)/t18-,19+/m0/s1. The highest BCUT2D eigenvalue weighted by Gasteiger charge is 2.41. The third-order valence-corrected chi connectivity index (χ3v) is 5.00. The number of nitrogens with zero attached hydrogens (tertiary/aromatic N) is 3. The van der Waals surface area contributed by atoms with E-state index in [9.17, 15) is 0 Å². The van der Waals surface area contributed by atoms with Crippen molar-refractivity contribution in [1.29, 1.82) is 0 Å². The van der Waals surface area contributed by atoms with Crippen molar-refractivity contribution in [1.82, 2.24) is 15.3 Å². The maximum atomic E-state index is 5.70. The molecule has 5 nitrogen and oxygen atoms in total. The lowest BCUT2D eigenvalue weighted by molar-refractivity contribution is 0.558. The molecule has 0 amide bonds. The maximum absolute atomic E-state index is 5.70.